The van der Waals surface area contributed by atoms with Crippen molar-refractivity contribution in [2.45, 2.75) is 18.4 Å². The second kappa shape index (κ2) is 10.5. The van der Waals surface area contributed by atoms with Crippen molar-refractivity contribution in [2.75, 3.05) is 23.7 Å². The molecule has 0 radical (unpaired) electrons. The highest BCUT2D eigenvalue weighted by Gasteiger charge is 2.37. The van der Waals surface area contributed by atoms with Crippen molar-refractivity contribution >= 4 is 58.0 Å². The van der Waals surface area contributed by atoms with Gasteiger partial charge in [0.05, 0.1) is 0 Å². The van der Waals surface area contributed by atoms with Gasteiger partial charge in [-0.3, -0.25) is 10.1 Å². The molecule has 2 aliphatic rings. The van der Waals surface area contributed by atoms with E-state index in [0.717, 1.165) is 53.7 Å². The molecule has 1 spiro atoms. The molecule has 1 amide bonds. The van der Waals surface area contributed by atoms with Crippen LogP contribution in [-0.4, -0.2) is 39.7 Å². The first-order valence-electron chi connectivity index (χ1n) is 11.8. The fourth-order valence-electron chi connectivity index (χ4n) is 4.35. The topological polar surface area (TPSA) is 65.6 Å². The number of carbonyl (C=O) groups excluding carboxylic acids is 1. The van der Waals surface area contributed by atoms with Gasteiger partial charge in [0.15, 0.2) is 10.2 Å². The van der Waals surface area contributed by atoms with E-state index in [1.807, 2.05) is 66.7 Å². The molecule has 3 aromatic rings. The lowest BCUT2D eigenvalue weighted by atomic mass is 9.88. The van der Waals surface area contributed by atoms with Gasteiger partial charge in [-0.25, -0.2) is 0 Å². The van der Waals surface area contributed by atoms with Crippen LogP contribution in [0.1, 0.15) is 28.8 Å². The van der Waals surface area contributed by atoms with E-state index in [0.29, 0.717) is 5.56 Å². The van der Waals surface area contributed by atoms with Gasteiger partial charge in [-0.1, -0.05) is 42.5 Å². The molecule has 36 heavy (non-hydrogen) atoms. The molecule has 2 heterocycles. The SMILES string of the molecule is O=C(NC(=S)Nc1ccc2c(c1)C=CC1(CCN(C(=S)Nc3ccccc3)CC1)O2)c1ccccc1. The van der Waals surface area contributed by atoms with E-state index in [1.54, 1.807) is 12.1 Å². The maximum atomic E-state index is 12.3. The number of rotatable bonds is 3. The molecule has 1 saturated heterocycles. The highest BCUT2D eigenvalue weighted by molar-refractivity contribution is 7.80. The number of benzene rings is 3. The monoisotopic (exact) mass is 514 g/mol. The minimum absolute atomic E-state index is 0.244. The predicted octanol–water partition coefficient (Wildman–Crippen LogP) is 5.45. The van der Waals surface area contributed by atoms with Crippen LogP contribution in [0.2, 0.25) is 0 Å². The first-order chi connectivity index (χ1) is 17.5. The van der Waals surface area contributed by atoms with E-state index in [2.05, 4.69) is 33.0 Å². The Morgan fingerprint density at radius 1 is 0.861 bits per heavy atom. The van der Waals surface area contributed by atoms with Crippen LogP contribution in [0, 0.1) is 0 Å². The third-order valence-corrected chi connectivity index (χ3v) is 6.90. The van der Waals surface area contributed by atoms with E-state index in [9.17, 15) is 4.79 Å². The van der Waals surface area contributed by atoms with Gasteiger partial charge >= 0.3 is 0 Å². The predicted molar refractivity (Wildman–Crippen MR) is 152 cm³/mol. The Labute approximate surface area is 221 Å². The number of nitrogens with zero attached hydrogens (tertiary/aromatic N) is 1. The number of likely N-dealkylation sites (tertiary alicyclic amines) is 1. The van der Waals surface area contributed by atoms with Gasteiger partial charge in [-0.05, 0) is 73.0 Å². The van der Waals surface area contributed by atoms with Gasteiger partial charge < -0.3 is 20.3 Å². The number of para-hydroxylation sites is 1. The minimum Gasteiger partial charge on any atom is -0.482 e. The third kappa shape index (κ3) is 5.56. The number of amides is 1. The normalized spacial score (nSPS) is 15.4. The van der Waals surface area contributed by atoms with Crippen LogP contribution < -0.4 is 20.7 Å². The molecule has 0 aliphatic carbocycles. The molecule has 5 rings (SSSR count). The standard InChI is InChI=1S/C28H26N4O2S2/c33-25(20-7-3-1-4-8-20)31-26(35)29-23-11-12-24-21(19-23)13-14-28(34-24)15-17-32(18-16-28)27(36)30-22-9-5-2-6-10-22/h1-14,19H,15-18H2,(H,30,36)(H2,29,31,33,35). The van der Waals surface area contributed by atoms with Gasteiger partial charge in [0.25, 0.3) is 5.91 Å². The highest BCUT2D eigenvalue weighted by Crippen LogP contribution is 2.38. The lowest BCUT2D eigenvalue weighted by Gasteiger charge is -2.42. The van der Waals surface area contributed by atoms with E-state index >= 15 is 0 Å². The Hall–Kier alpha value is -3.75. The second-order valence-electron chi connectivity index (χ2n) is 8.81. The number of ether oxygens (including phenoxy) is 1. The molecule has 3 aromatic carbocycles. The smallest absolute Gasteiger partial charge is 0.257 e. The summed E-state index contributed by atoms with van der Waals surface area (Å²) >= 11 is 10.9. The molecule has 0 unspecified atom stereocenters. The average molecular weight is 515 g/mol. The van der Waals surface area contributed by atoms with Crippen LogP contribution in [0.4, 0.5) is 11.4 Å². The zero-order chi connectivity index (χ0) is 25.0. The summed E-state index contributed by atoms with van der Waals surface area (Å²) in [4.78, 5) is 14.5. The Balaban J connectivity index is 1.16. The van der Waals surface area contributed by atoms with Crippen LogP contribution in [-0.2, 0) is 0 Å². The van der Waals surface area contributed by atoms with Gasteiger partial charge in [0.1, 0.15) is 11.4 Å². The van der Waals surface area contributed by atoms with Gasteiger partial charge in [-0.15, -0.1) is 0 Å². The van der Waals surface area contributed by atoms with Crippen molar-refractivity contribution in [1.82, 2.24) is 10.2 Å². The lowest BCUT2D eigenvalue weighted by Crippen LogP contribution is -2.50. The molecular weight excluding hydrogens is 488 g/mol. The number of hydrogen-bond acceptors (Lipinski definition) is 4. The molecule has 0 atom stereocenters. The zero-order valence-electron chi connectivity index (χ0n) is 19.6. The van der Waals surface area contributed by atoms with E-state index in [1.165, 1.54) is 0 Å². The summed E-state index contributed by atoms with van der Waals surface area (Å²) in [6.45, 7) is 1.63. The molecular formula is C28H26N4O2S2. The summed E-state index contributed by atoms with van der Waals surface area (Å²) < 4.78 is 6.48. The van der Waals surface area contributed by atoms with Crippen molar-refractivity contribution in [3.63, 3.8) is 0 Å². The van der Waals surface area contributed by atoms with Gasteiger partial charge in [-0.2, -0.15) is 0 Å². The molecule has 3 N–H and O–H groups in total. The fraction of sp³-hybridized carbons (Fsp3) is 0.179. The minimum atomic E-state index is -0.334. The van der Waals surface area contributed by atoms with Crippen LogP contribution >= 0.6 is 24.4 Å². The van der Waals surface area contributed by atoms with Crippen molar-refractivity contribution in [3.8, 4) is 5.75 Å². The van der Waals surface area contributed by atoms with Crippen molar-refractivity contribution in [3.05, 3.63) is 96.1 Å². The summed E-state index contributed by atoms with van der Waals surface area (Å²) in [6.07, 6.45) is 5.94. The van der Waals surface area contributed by atoms with Crippen molar-refractivity contribution < 1.29 is 9.53 Å². The average Bonchev–Trinajstić information content (AvgIpc) is 2.90. The summed E-state index contributed by atoms with van der Waals surface area (Å²) in [5.41, 5.74) is 2.96. The Kier molecular flexibility index (Phi) is 6.97. The number of anilines is 2. The largest absolute Gasteiger partial charge is 0.482 e. The summed E-state index contributed by atoms with van der Waals surface area (Å²) in [5.74, 6) is 0.585. The molecule has 6 nitrogen and oxygen atoms in total. The molecule has 182 valence electrons. The maximum absolute atomic E-state index is 12.3. The van der Waals surface area contributed by atoms with Crippen LogP contribution in [0.5, 0.6) is 5.75 Å². The maximum Gasteiger partial charge on any atom is 0.257 e. The number of nitrogens with one attached hydrogen (secondary N) is 3. The fourth-order valence-corrected chi connectivity index (χ4v) is 4.86. The molecule has 2 aliphatic heterocycles. The van der Waals surface area contributed by atoms with Crippen molar-refractivity contribution in [2.24, 2.45) is 0 Å². The first-order valence-corrected chi connectivity index (χ1v) is 12.6. The number of hydrogen-bond donors (Lipinski definition) is 3. The van der Waals surface area contributed by atoms with Crippen LogP contribution in [0.15, 0.2) is 84.9 Å². The quantitative estimate of drug-likeness (QED) is 0.402. The molecule has 0 bridgehead atoms. The molecule has 0 saturated carbocycles. The van der Waals surface area contributed by atoms with Crippen LogP contribution in [0.3, 0.4) is 0 Å². The molecule has 0 aromatic heterocycles. The summed E-state index contributed by atoms with van der Waals surface area (Å²) in [6, 6.07) is 24.8. The third-order valence-electron chi connectivity index (χ3n) is 6.33. The Bertz CT molecular complexity index is 1300. The zero-order valence-corrected chi connectivity index (χ0v) is 21.2. The van der Waals surface area contributed by atoms with E-state index in [4.69, 9.17) is 29.2 Å². The highest BCUT2D eigenvalue weighted by atomic mass is 32.1. The van der Waals surface area contributed by atoms with E-state index in [-0.39, 0.29) is 16.6 Å². The summed E-state index contributed by atoms with van der Waals surface area (Å²) in [5, 5.41) is 10.1. The van der Waals surface area contributed by atoms with E-state index < -0.39 is 0 Å². The van der Waals surface area contributed by atoms with Gasteiger partial charge in [0.2, 0.25) is 0 Å². The van der Waals surface area contributed by atoms with Crippen LogP contribution in [0.25, 0.3) is 6.08 Å². The summed E-state index contributed by atoms with van der Waals surface area (Å²) in [7, 11) is 0. The molecule has 8 heteroatoms. The molecule has 1 fully saturated rings. The van der Waals surface area contributed by atoms with Crippen molar-refractivity contribution in [1.29, 1.82) is 0 Å². The Morgan fingerprint density at radius 2 is 1.56 bits per heavy atom. The number of thiocarbonyl (C=S) groups is 2. The number of fused-ring (bicyclic) bond motifs is 1. The number of carbonyl (C=O) groups is 1. The number of piperidine rings is 1. The second-order valence-corrected chi connectivity index (χ2v) is 9.61. The Morgan fingerprint density at radius 3 is 2.28 bits per heavy atom. The van der Waals surface area contributed by atoms with Gasteiger partial charge in [0, 0.05) is 48.4 Å². The first kappa shape index (κ1) is 24.0. The lowest BCUT2D eigenvalue weighted by molar-refractivity contribution is 0.0594.